The van der Waals surface area contributed by atoms with Gasteiger partial charge in [-0.2, -0.15) is 0 Å². The molecule has 0 unspecified atom stereocenters. The van der Waals surface area contributed by atoms with Crippen LogP contribution < -0.4 is 0 Å². The third-order valence-corrected chi connectivity index (χ3v) is 0. The van der Waals surface area contributed by atoms with Crippen LogP contribution in [0.1, 0.15) is 0 Å². The Balaban J connectivity index is 0. The smallest absolute Gasteiger partial charge is 0.0108 e. The highest BCUT2D eigenvalue weighted by Gasteiger charge is 1.79. The van der Waals surface area contributed by atoms with E-state index >= 15 is 0 Å². The van der Waals surface area contributed by atoms with Crippen LogP contribution in [0.2, 0.25) is 0 Å². The van der Waals surface area contributed by atoms with E-state index < -0.39 is 9.93 Å². The van der Waals surface area contributed by atoms with Crippen LogP contribution in [-0.2, 0) is 9.93 Å². The fourth-order valence-corrected chi connectivity index (χ4v) is 0. The summed E-state index contributed by atoms with van der Waals surface area (Å²) in [6.07, 6.45) is 5.23. The Morgan fingerprint density at radius 1 is 1.17 bits per heavy atom. The molecule has 0 rings (SSSR count). The van der Waals surface area contributed by atoms with Crippen LogP contribution in [0.25, 0.3) is 0 Å². The zero-order chi connectivity index (χ0) is 4.50. The van der Waals surface area contributed by atoms with Crippen molar-refractivity contribution in [3.8, 4) is 0 Å². The average molecular weight is 131 g/mol. The minimum atomic E-state index is -1.64. The molecule has 3 heteroatoms. The van der Waals surface area contributed by atoms with Gasteiger partial charge in [0.1, 0.15) is 0 Å². The Morgan fingerprint density at radius 2 is 1.17 bits per heavy atom. The zero-order valence-corrected chi connectivity index (χ0v) is 5.97. The number of hydrogen-bond donors (Lipinski definition) is 1. The van der Waals surface area contributed by atoms with Crippen molar-refractivity contribution in [1.82, 2.24) is 0 Å². The summed E-state index contributed by atoms with van der Waals surface area (Å²) in [5, 5.41) is 0. The SMILES string of the molecule is C[SH](C)(C)=O.Cl. The van der Waals surface area contributed by atoms with Crippen molar-refractivity contribution < 1.29 is 4.21 Å². The molecule has 0 atom stereocenters. The van der Waals surface area contributed by atoms with Gasteiger partial charge in [0.15, 0.2) is 0 Å². The lowest BCUT2D eigenvalue weighted by atomic mass is 11.9. The Labute approximate surface area is 46.0 Å². The second kappa shape index (κ2) is 2.59. The van der Waals surface area contributed by atoms with E-state index in [1.807, 2.05) is 0 Å². The molecule has 0 amide bonds. The van der Waals surface area contributed by atoms with Crippen LogP contribution in [0.4, 0.5) is 0 Å². The first-order chi connectivity index (χ1) is 2.00. The van der Waals surface area contributed by atoms with E-state index in [2.05, 4.69) is 0 Å². The van der Waals surface area contributed by atoms with Crippen molar-refractivity contribution in [1.29, 1.82) is 0 Å². The topological polar surface area (TPSA) is 17.1 Å². The van der Waals surface area contributed by atoms with Gasteiger partial charge < -0.3 is 0 Å². The molecule has 0 aromatic carbocycles. The molecule has 0 spiro atoms. The molecule has 1 nitrogen and oxygen atoms in total. The van der Waals surface area contributed by atoms with Crippen LogP contribution >= 0.6 is 12.4 Å². The van der Waals surface area contributed by atoms with Crippen molar-refractivity contribution in [2.75, 3.05) is 18.8 Å². The predicted molar refractivity (Wildman–Crippen MR) is 34.6 cm³/mol. The molecule has 0 heterocycles. The molecule has 0 aliphatic carbocycles. The van der Waals surface area contributed by atoms with Crippen molar-refractivity contribution in [2.45, 2.75) is 0 Å². The Morgan fingerprint density at radius 3 is 1.17 bits per heavy atom. The second-order valence-corrected chi connectivity index (χ2v) is 5.67. The summed E-state index contributed by atoms with van der Waals surface area (Å²) >= 11 is 0. The molecule has 0 N–H and O–H groups in total. The minimum Gasteiger partial charge on any atom is -0.286 e. The van der Waals surface area contributed by atoms with Gasteiger partial charge in [-0.25, -0.2) is 0 Å². The number of rotatable bonds is 0. The van der Waals surface area contributed by atoms with Gasteiger partial charge in [-0.1, -0.05) is 0 Å². The van der Waals surface area contributed by atoms with Crippen LogP contribution in [-0.4, -0.2) is 23.0 Å². The molecule has 0 saturated heterocycles. The molecule has 0 aliphatic rings. The Hall–Kier alpha value is 0.440. The molecule has 0 bridgehead atoms. The van der Waals surface area contributed by atoms with Gasteiger partial charge in [0.25, 0.3) is 0 Å². The average Bonchev–Trinajstić information content (AvgIpc) is 0.722. The summed E-state index contributed by atoms with van der Waals surface area (Å²) < 4.78 is 10.2. The summed E-state index contributed by atoms with van der Waals surface area (Å²) in [4.78, 5) is 0. The zero-order valence-electron chi connectivity index (χ0n) is 4.26. The lowest BCUT2D eigenvalue weighted by molar-refractivity contribution is 0.682. The lowest BCUT2D eigenvalue weighted by Crippen LogP contribution is -1.99. The van der Waals surface area contributed by atoms with Gasteiger partial charge in [0.05, 0.1) is 0 Å². The quantitative estimate of drug-likeness (QED) is 0.468. The first-order valence-corrected chi connectivity index (χ1v) is 4.57. The third-order valence-electron chi connectivity index (χ3n) is 0. The van der Waals surface area contributed by atoms with E-state index in [-0.39, 0.29) is 12.4 Å². The van der Waals surface area contributed by atoms with E-state index in [4.69, 9.17) is 0 Å². The molecule has 0 aromatic heterocycles. The van der Waals surface area contributed by atoms with E-state index in [1.165, 1.54) is 0 Å². The highest BCUT2D eigenvalue weighted by atomic mass is 35.5. The van der Waals surface area contributed by atoms with E-state index in [0.29, 0.717) is 0 Å². The highest BCUT2D eigenvalue weighted by Crippen LogP contribution is 1.76. The van der Waals surface area contributed by atoms with Crippen molar-refractivity contribution in [3.05, 3.63) is 0 Å². The van der Waals surface area contributed by atoms with Crippen LogP contribution in [0.3, 0.4) is 0 Å². The Bertz CT molecular complexity index is 56.9. The van der Waals surface area contributed by atoms with Crippen molar-refractivity contribution in [2.24, 2.45) is 0 Å². The van der Waals surface area contributed by atoms with Gasteiger partial charge >= 0.3 is 0 Å². The van der Waals surface area contributed by atoms with Crippen LogP contribution in [0.15, 0.2) is 0 Å². The fourth-order valence-electron chi connectivity index (χ4n) is 0. The number of hydrogen-bond acceptors (Lipinski definition) is 1. The van der Waals surface area contributed by atoms with Crippen LogP contribution in [0, 0.1) is 0 Å². The monoisotopic (exact) mass is 130 g/mol. The maximum atomic E-state index is 10.2. The maximum Gasteiger partial charge on any atom is -0.0108 e. The van der Waals surface area contributed by atoms with E-state index in [9.17, 15) is 4.21 Å². The highest BCUT2D eigenvalue weighted by molar-refractivity contribution is 8.01. The largest absolute Gasteiger partial charge is 0.286 e. The van der Waals surface area contributed by atoms with Gasteiger partial charge in [0.2, 0.25) is 0 Å². The summed E-state index contributed by atoms with van der Waals surface area (Å²) in [5.41, 5.74) is 0. The third kappa shape index (κ3) is 271. The fraction of sp³-hybridized carbons (Fsp3) is 1.00. The molecular formula is C3H11ClOS. The van der Waals surface area contributed by atoms with E-state index in [0.717, 1.165) is 0 Å². The number of halogens is 1. The molecule has 0 fully saturated rings. The predicted octanol–water partition coefficient (Wildman–Crippen LogP) is 0.314. The van der Waals surface area contributed by atoms with Crippen molar-refractivity contribution in [3.63, 3.8) is 0 Å². The molecule has 6 heavy (non-hydrogen) atoms. The molecule has 0 aliphatic heterocycles. The van der Waals surface area contributed by atoms with Gasteiger partial charge in [-0.3, -0.25) is 4.21 Å². The first-order valence-electron chi connectivity index (χ1n) is 1.52. The summed E-state index contributed by atoms with van der Waals surface area (Å²) in [5.74, 6) is 0. The summed E-state index contributed by atoms with van der Waals surface area (Å²) in [6.45, 7) is 0. The lowest BCUT2D eigenvalue weighted by Gasteiger charge is -1.95. The van der Waals surface area contributed by atoms with Crippen molar-refractivity contribution >= 4 is 22.3 Å². The number of thiol groups is 1. The van der Waals surface area contributed by atoms with Gasteiger partial charge in [-0.05, 0) is 18.8 Å². The minimum absolute atomic E-state index is 0. The molecule has 0 radical (unpaired) electrons. The normalized spacial score (nSPS) is 12.5. The van der Waals surface area contributed by atoms with Gasteiger partial charge in [-0.15, -0.1) is 22.3 Å². The van der Waals surface area contributed by atoms with Crippen LogP contribution in [0.5, 0.6) is 0 Å². The maximum absolute atomic E-state index is 10.2. The first kappa shape index (κ1) is 9.67. The molecule has 0 aromatic rings. The summed E-state index contributed by atoms with van der Waals surface area (Å²) in [7, 11) is -1.64. The second-order valence-electron chi connectivity index (χ2n) is 1.89. The van der Waals surface area contributed by atoms with E-state index in [1.54, 1.807) is 18.8 Å². The summed E-state index contributed by atoms with van der Waals surface area (Å²) in [6, 6.07) is 0. The standard InChI is InChI=1S/C3H10OS.ClH/c1-5(2,3)4;/h5H,1-3H3;1H. The van der Waals surface area contributed by atoms with Gasteiger partial charge in [0, 0.05) is 0 Å². The molecular weight excluding hydrogens is 120 g/mol. The molecule has 42 valence electrons. The molecule has 0 saturated carbocycles. The Kier molecular flexibility index (Phi) is 4.17.